The number of carbonyl (C=O) groups is 2. The van der Waals surface area contributed by atoms with Crippen molar-refractivity contribution in [2.75, 3.05) is 13.7 Å². The van der Waals surface area contributed by atoms with Crippen LogP contribution in [0.3, 0.4) is 0 Å². The number of ether oxygens (including phenoxy) is 1. The Hall–Kier alpha value is -2.79. The molecule has 1 amide bonds. The average Bonchev–Trinajstić information content (AvgIpc) is 3.04. The van der Waals surface area contributed by atoms with E-state index in [9.17, 15) is 9.59 Å². The van der Waals surface area contributed by atoms with Crippen molar-refractivity contribution in [3.05, 3.63) is 69.9 Å². The van der Waals surface area contributed by atoms with Gasteiger partial charge in [-0.2, -0.15) is 0 Å². The van der Waals surface area contributed by atoms with Crippen molar-refractivity contribution in [3.8, 4) is 0 Å². The number of nitrogens with zero attached hydrogens (tertiary/aromatic N) is 1. The third-order valence-corrected chi connectivity index (χ3v) is 5.03. The number of hydrogen-bond acceptors (Lipinski definition) is 3. The van der Waals surface area contributed by atoms with Gasteiger partial charge < -0.3 is 14.6 Å². The van der Waals surface area contributed by atoms with E-state index in [0.29, 0.717) is 29.2 Å². The SMILES string of the molecule is COC(=O)c1ccc2[nH]c3c(c2c1)CN(C(=O)c1ccc(Cl)cc1)CC3. The van der Waals surface area contributed by atoms with Gasteiger partial charge in [-0.15, -0.1) is 0 Å². The number of esters is 1. The molecule has 6 heteroatoms. The number of fused-ring (bicyclic) bond motifs is 3. The molecular weight excluding hydrogens is 352 g/mol. The van der Waals surface area contributed by atoms with E-state index in [1.54, 1.807) is 30.3 Å². The third kappa shape index (κ3) is 2.84. The number of methoxy groups -OCH3 is 1. The standard InChI is InChI=1S/C20H17ClN2O3/c1-26-20(25)13-4-7-17-15(10-13)16-11-23(9-8-18(16)22-17)19(24)12-2-5-14(21)6-3-12/h2-7,10,22H,8-9,11H2,1H3. The summed E-state index contributed by atoms with van der Waals surface area (Å²) in [5.74, 6) is -0.391. The second-order valence-electron chi connectivity index (χ2n) is 6.32. The monoisotopic (exact) mass is 368 g/mol. The maximum atomic E-state index is 12.8. The highest BCUT2D eigenvalue weighted by Crippen LogP contribution is 2.29. The van der Waals surface area contributed by atoms with Crippen LogP contribution < -0.4 is 0 Å². The topological polar surface area (TPSA) is 62.4 Å². The number of hydrogen-bond donors (Lipinski definition) is 1. The molecule has 4 rings (SSSR count). The van der Waals surface area contributed by atoms with Crippen molar-refractivity contribution in [2.24, 2.45) is 0 Å². The fourth-order valence-corrected chi connectivity index (χ4v) is 3.53. The van der Waals surface area contributed by atoms with Crippen molar-refractivity contribution in [1.29, 1.82) is 0 Å². The summed E-state index contributed by atoms with van der Waals surface area (Å²) in [6.45, 7) is 1.15. The molecule has 1 aliphatic rings. The maximum absolute atomic E-state index is 12.8. The minimum atomic E-state index is -0.369. The number of nitrogens with one attached hydrogen (secondary N) is 1. The third-order valence-electron chi connectivity index (χ3n) is 4.77. The van der Waals surface area contributed by atoms with Crippen LogP contribution in [0, 0.1) is 0 Å². The van der Waals surface area contributed by atoms with E-state index in [1.807, 2.05) is 17.0 Å². The van der Waals surface area contributed by atoms with Crippen molar-refractivity contribution < 1.29 is 14.3 Å². The smallest absolute Gasteiger partial charge is 0.337 e. The first kappa shape index (κ1) is 16.7. The van der Waals surface area contributed by atoms with Gasteiger partial charge in [-0.25, -0.2) is 4.79 Å². The van der Waals surface area contributed by atoms with E-state index < -0.39 is 0 Å². The maximum Gasteiger partial charge on any atom is 0.337 e. The van der Waals surface area contributed by atoms with Gasteiger partial charge in [0.2, 0.25) is 0 Å². The summed E-state index contributed by atoms with van der Waals surface area (Å²) >= 11 is 5.91. The fourth-order valence-electron chi connectivity index (χ4n) is 3.41. The summed E-state index contributed by atoms with van der Waals surface area (Å²) in [5.41, 5.74) is 4.25. The highest BCUT2D eigenvalue weighted by molar-refractivity contribution is 6.30. The predicted molar refractivity (Wildman–Crippen MR) is 99.5 cm³/mol. The molecule has 0 atom stereocenters. The Balaban J connectivity index is 1.67. The van der Waals surface area contributed by atoms with Crippen LogP contribution in [0.4, 0.5) is 0 Å². The summed E-state index contributed by atoms with van der Waals surface area (Å²) in [6.07, 6.45) is 0.747. The lowest BCUT2D eigenvalue weighted by molar-refractivity contribution is 0.0600. The van der Waals surface area contributed by atoms with Crippen LogP contribution in [-0.4, -0.2) is 35.4 Å². The van der Waals surface area contributed by atoms with Gasteiger partial charge in [0, 0.05) is 52.3 Å². The Morgan fingerprint density at radius 1 is 1.12 bits per heavy atom. The molecule has 132 valence electrons. The molecule has 0 radical (unpaired) electrons. The molecule has 2 heterocycles. The van der Waals surface area contributed by atoms with Crippen molar-refractivity contribution >= 4 is 34.4 Å². The zero-order valence-electron chi connectivity index (χ0n) is 14.2. The van der Waals surface area contributed by atoms with Crippen LogP contribution in [0.25, 0.3) is 10.9 Å². The van der Waals surface area contributed by atoms with Crippen LogP contribution >= 0.6 is 11.6 Å². The number of halogens is 1. The molecule has 0 bridgehead atoms. The minimum absolute atomic E-state index is 0.0224. The van der Waals surface area contributed by atoms with E-state index in [-0.39, 0.29) is 11.9 Å². The van der Waals surface area contributed by atoms with E-state index in [4.69, 9.17) is 16.3 Å². The summed E-state index contributed by atoms with van der Waals surface area (Å²) in [6, 6.07) is 12.4. The van der Waals surface area contributed by atoms with E-state index >= 15 is 0 Å². The van der Waals surface area contributed by atoms with Gasteiger partial charge in [0.05, 0.1) is 12.7 Å². The molecule has 0 aliphatic carbocycles. The molecule has 2 aromatic carbocycles. The molecular formula is C20H17ClN2O3. The van der Waals surface area contributed by atoms with Crippen molar-refractivity contribution in [1.82, 2.24) is 9.88 Å². The molecule has 1 aliphatic heterocycles. The highest BCUT2D eigenvalue weighted by atomic mass is 35.5. The number of carbonyl (C=O) groups excluding carboxylic acids is 2. The molecule has 5 nitrogen and oxygen atoms in total. The van der Waals surface area contributed by atoms with Crippen LogP contribution in [0.15, 0.2) is 42.5 Å². The van der Waals surface area contributed by atoms with Gasteiger partial charge in [-0.3, -0.25) is 4.79 Å². The van der Waals surface area contributed by atoms with Crippen LogP contribution in [-0.2, 0) is 17.7 Å². The number of amides is 1. The fraction of sp³-hybridized carbons (Fsp3) is 0.200. The molecule has 0 unspecified atom stereocenters. The molecule has 0 fully saturated rings. The molecule has 0 spiro atoms. The lowest BCUT2D eigenvalue weighted by atomic mass is 10.0. The van der Waals surface area contributed by atoms with Crippen molar-refractivity contribution in [3.63, 3.8) is 0 Å². The average molecular weight is 369 g/mol. The number of benzene rings is 2. The Bertz CT molecular complexity index is 1010. The molecule has 0 saturated carbocycles. The summed E-state index contributed by atoms with van der Waals surface area (Å²) in [7, 11) is 1.37. The molecule has 1 N–H and O–H groups in total. The van der Waals surface area contributed by atoms with Crippen LogP contribution in [0.1, 0.15) is 32.0 Å². The lowest BCUT2D eigenvalue weighted by Gasteiger charge is -2.27. The van der Waals surface area contributed by atoms with Gasteiger partial charge in [-0.1, -0.05) is 11.6 Å². The zero-order valence-corrected chi connectivity index (χ0v) is 15.0. The first-order valence-corrected chi connectivity index (χ1v) is 8.71. The summed E-state index contributed by atoms with van der Waals surface area (Å²) in [5, 5.41) is 1.56. The van der Waals surface area contributed by atoms with Gasteiger partial charge in [0.1, 0.15) is 0 Å². The molecule has 1 aromatic heterocycles. The Morgan fingerprint density at radius 3 is 2.58 bits per heavy atom. The summed E-state index contributed by atoms with van der Waals surface area (Å²) in [4.78, 5) is 29.8. The first-order valence-electron chi connectivity index (χ1n) is 8.33. The minimum Gasteiger partial charge on any atom is -0.465 e. The van der Waals surface area contributed by atoms with Crippen molar-refractivity contribution in [2.45, 2.75) is 13.0 Å². The van der Waals surface area contributed by atoms with E-state index in [0.717, 1.165) is 28.6 Å². The van der Waals surface area contributed by atoms with Gasteiger partial charge in [0.15, 0.2) is 0 Å². The van der Waals surface area contributed by atoms with Crippen LogP contribution in [0.5, 0.6) is 0 Å². The number of H-pyrrole nitrogens is 1. The first-order chi connectivity index (χ1) is 12.6. The number of aromatic nitrogens is 1. The van der Waals surface area contributed by atoms with Gasteiger partial charge >= 0.3 is 5.97 Å². The Kier molecular flexibility index (Phi) is 4.17. The number of aromatic amines is 1. The summed E-state index contributed by atoms with van der Waals surface area (Å²) < 4.78 is 4.81. The Labute approximate surface area is 155 Å². The molecule has 26 heavy (non-hydrogen) atoms. The van der Waals surface area contributed by atoms with E-state index in [2.05, 4.69) is 4.98 Å². The van der Waals surface area contributed by atoms with Gasteiger partial charge in [0.25, 0.3) is 5.91 Å². The van der Waals surface area contributed by atoms with Gasteiger partial charge in [-0.05, 0) is 42.5 Å². The molecule has 3 aromatic rings. The highest BCUT2D eigenvalue weighted by Gasteiger charge is 2.25. The predicted octanol–water partition coefficient (Wildman–Crippen LogP) is 3.81. The normalized spacial score (nSPS) is 13.5. The molecule has 0 saturated heterocycles. The zero-order chi connectivity index (χ0) is 18.3. The second kappa shape index (κ2) is 6.50. The second-order valence-corrected chi connectivity index (χ2v) is 6.75. The largest absolute Gasteiger partial charge is 0.465 e. The van der Waals surface area contributed by atoms with Crippen LogP contribution in [0.2, 0.25) is 5.02 Å². The number of rotatable bonds is 2. The Morgan fingerprint density at radius 2 is 1.85 bits per heavy atom. The lowest BCUT2D eigenvalue weighted by Crippen LogP contribution is -2.35. The van der Waals surface area contributed by atoms with E-state index in [1.165, 1.54) is 7.11 Å². The quantitative estimate of drug-likeness (QED) is 0.700.